The van der Waals surface area contributed by atoms with Gasteiger partial charge < -0.3 is 9.80 Å². The van der Waals surface area contributed by atoms with Crippen molar-refractivity contribution in [1.29, 1.82) is 0 Å². The predicted molar refractivity (Wildman–Crippen MR) is 118 cm³/mol. The molecular weight excluding hydrogens is 398 g/mol. The van der Waals surface area contributed by atoms with Gasteiger partial charge in [0.15, 0.2) is 0 Å². The van der Waals surface area contributed by atoms with E-state index in [1.54, 1.807) is 32.2 Å². The Morgan fingerprint density at radius 1 is 0.968 bits per heavy atom. The summed E-state index contributed by atoms with van der Waals surface area (Å²) in [5.74, 6) is -0.0116. The van der Waals surface area contributed by atoms with E-state index in [1.807, 2.05) is 36.1 Å². The van der Waals surface area contributed by atoms with Gasteiger partial charge in [-0.15, -0.1) is 0 Å². The number of imidazole rings is 1. The van der Waals surface area contributed by atoms with Crippen LogP contribution in [0.4, 0.5) is 11.4 Å². The van der Waals surface area contributed by atoms with E-state index in [4.69, 9.17) is 0 Å². The highest BCUT2D eigenvalue weighted by Gasteiger charge is 2.25. The summed E-state index contributed by atoms with van der Waals surface area (Å²) in [5, 5.41) is 11.3. The summed E-state index contributed by atoms with van der Waals surface area (Å²) < 4.78 is 3.38. The van der Waals surface area contributed by atoms with E-state index in [2.05, 4.69) is 0 Å². The third-order valence-electron chi connectivity index (χ3n) is 5.84. The van der Waals surface area contributed by atoms with Gasteiger partial charge in [0.1, 0.15) is 5.69 Å². The number of anilines is 1. The molecule has 0 saturated carbocycles. The number of piperazine rings is 1. The predicted octanol–water partition coefficient (Wildman–Crippen LogP) is 2.47. The van der Waals surface area contributed by atoms with Crippen LogP contribution in [-0.4, -0.2) is 51.0 Å². The SMILES string of the molecule is CCn1c(=O)n(CCC(=O)N2CCN(c3ccccc3[N+](=O)[O-])CC2)c2ccccc21. The number of amides is 1. The second kappa shape index (κ2) is 8.63. The molecular formula is C22H25N5O4. The van der Waals surface area contributed by atoms with Crippen molar-refractivity contribution < 1.29 is 9.72 Å². The van der Waals surface area contributed by atoms with Gasteiger partial charge >= 0.3 is 5.69 Å². The van der Waals surface area contributed by atoms with Crippen LogP contribution in [-0.2, 0) is 17.9 Å². The molecule has 0 aliphatic carbocycles. The van der Waals surface area contributed by atoms with Crippen LogP contribution in [0, 0.1) is 10.1 Å². The number of nitro groups is 1. The van der Waals surface area contributed by atoms with Crippen molar-refractivity contribution in [2.75, 3.05) is 31.1 Å². The Kier molecular flexibility index (Phi) is 5.75. The lowest BCUT2D eigenvalue weighted by molar-refractivity contribution is -0.384. The fourth-order valence-electron chi connectivity index (χ4n) is 4.24. The number of hydrogen-bond acceptors (Lipinski definition) is 5. The van der Waals surface area contributed by atoms with Gasteiger partial charge in [-0.2, -0.15) is 0 Å². The van der Waals surface area contributed by atoms with Gasteiger partial charge in [-0.1, -0.05) is 24.3 Å². The van der Waals surface area contributed by atoms with Crippen molar-refractivity contribution in [3.05, 3.63) is 69.1 Å². The number of benzene rings is 2. The largest absolute Gasteiger partial charge is 0.362 e. The molecule has 1 aromatic heterocycles. The van der Waals surface area contributed by atoms with Crippen LogP contribution in [0.3, 0.4) is 0 Å². The minimum atomic E-state index is -0.378. The molecule has 9 nitrogen and oxygen atoms in total. The molecule has 0 N–H and O–H groups in total. The summed E-state index contributed by atoms with van der Waals surface area (Å²) in [6.07, 6.45) is 0.239. The first-order chi connectivity index (χ1) is 15.0. The number of nitrogens with zero attached hydrogens (tertiary/aromatic N) is 5. The van der Waals surface area contributed by atoms with Gasteiger partial charge in [-0.05, 0) is 25.1 Å². The molecule has 2 aromatic carbocycles. The molecule has 4 rings (SSSR count). The number of aromatic nitrogens is 2. The lowest BCUT2D eigenvalue weighted by atomic mass is 10.2. The molecule has 9 heteroatoms. The van der Waals surface area contributed by atoms with E-state index < -0.39 is 0 Å². The Bertz CT molecular complexity index is 1170. The van der Waals surface area contributed by atoms with Crippen LogP contribution in [0.15, 0.2) is 53.3 Å². The number of fused-ring (bicyclic) bond motifs is 1. The highest BCUT2D eigenvalue weighted by molar-refractivity contribution is 5.78. The summed E-state index contributed by atoms with van der Waals surface area (Å²) in [5.41, 5.74) is 2.27. The minimum absolute atomic E-state index is 0.0116. The smallest absolute Gasteiger partial charge is 0.329 e. The molecule has 0 atom stereocenters. The second-order valence-electron chi connectivity index (χ2n) is 7.53. The van der Waals surface area contributed by atoms with Crippen molar-refractivity contribution in [2.24, 2.45) is 0 Å². The molecule has 3 aromatic rings. The molecule has 1 aliphatic rings. The van der Waals surface area contributed by atoms with E-state index >= 15 is 0 Å². The van der Waals surface area contributed by atoms with Gasteiger partial charge in [0, 0.05) is 51.8 Å². The fourth-order valence-corrected chi connectivity index (χ4v) is 4.24. The van der Waals surface area contributed by atoms with Gasteiger partial charge in [0.05, 0.1) is 16.0 Å². The van der Waals surface area contributed by atoms with Crippen molar-refractivity contribution in [2.45, 2.75) is 26.4 Å². The molecule has 1 amide bonds. The Balaban J connectivity index is 1.41. The summed E-state index contributed by atoms with van der Waals surface area (Å²) in [4.78, 5) is 40.2. The van der Waals surface area contributed by atoms with E-state index in [9.17, 15) is 19.7 Å². The van der Waals surface area contributed by atoms with Crippen LogP contribution in [0.25, 0.3) is 11.0 Å². The molecule has 1 saturated heterocycles. The molecule has 1 aliphatic heterocycles. The number of para-hydroxylation sites is 4. The quantitative estimate of drug-likeness (QED) is 0.449. The standard InChI is InChI=1S/C22H25N5O4/c1-2-25-18-8-4-5-9-19(18)26(22(25)29)12-11-21(28)24-15-13-23(14-16-24)17-7-3-6-10-20(17)27(30)31/h3-10H,2,11-16H2,1H3. The number of carbonyl (C=O) groups excluding carboxylic acids is 1. The monoisotopic (exact) mass is 423 g/mol. The van der Waals surface area contributed by atoms with E-state index in [0.717, 1.165) is 11.0 Å². The lowest BCUT2D eigenvalue weighted by Gasteiger charge is -2.35. The summed E-state index contributed by atoms with van der Waals surface area (Å²) in [6.45, 7) is 4.90. The number of aryl methyl sites for hydroxylation is 2. The van der Waals surface area contributed by atoms with Gasteiger partial charge in [0.2, 0.25) is 5.91 Å². The summed E-state index contributed by atoms with van der Waals surface area (Å²) >= 11 is 0. The normalized spacial score (nSPS) is 14.2. The Morgan fingerprint density at radius 3 is 2.23 bits per heavy atom. The van der Waals surface area contributed by atoms with Gasteiger partial charge in [-0.25, -0.2) is 4.79 Å². The number of hydrogen-bond donors (Lipinski definition) is 0. The third-order valence-corrected chi connectivity index (χ3v) is 5.84. The first kappa shape index (κ1) is 20.6. The average Bonchev–Trinajstić information content (AvgIpc) is 3.07. The Hall–Kier alpha value is -3.62. The van der Waals surface area contributed by atoms with Crippen LogP contribution >= 0.6 is 0 Å². The first-order valence-electron chi connectivity index (χ1n) is 10.5. The van der Waals surface area contributed by atoms with E-state index in [0.29, 0.717) is 45.0 Å². The average molecular weight is 423 g/mol. The lowest BCUT2D eigenvalue weighted by Crippen LogP contribution is -2.49. The minimum Gasteiger partial charge on any atom is -0.362 e. The molecule has 0 bridgehead atoms. The maximum atomic E-state index is 12.8. The number of carbonyl (C=O) groups is 1. The van der Waals surface area contributed by atoms with Crippen molar-refractivity contribution in [3.8, 4) is 0 Å². The molecule has 162 valence electrons. The van der Waals surface area contributed by atoms with E-state index in [-0.39, 0.29) is 28.6 Å². The molecule has 31 heavy (non-hydrogen) atoms. The third kappa shape index (κ3) is 3.90. The highest BCUT2D eigenvalue weighted by atomic mass is 16.6. The van der Waals surface area contributed by atoms with Gasteiger partial charge in [-0.3, -0.25) is 24.0 Å². The van der Waals surface area contributed by atoms with Crippen LogP contribution in [0.5, 0.6) is 0 Å². The van der Waals surface area contributed by atoms with Crippen LogP contribution in [0.1, 0.15) is 13.3 Å². The van der Waals surface area contributed by atoms with Crippen LogP contribution < -0.4 is 10.6 Å². The molecule has 0 unspecified atom stereocenters. The van der Waals surface area contributed by atoms with Crippen molar-refractivity contribution in [1.82, 2.24) is 14.0 Å². The Labute approximate surface area is 179 Å². The van der Waals surface area contributed by atoms with Crippen molar-refractivity contribution >= 4 is 28.3 Å². The summed E-state index contributed by atoms with van der Waals surface area (Å²) in [6, 6.07) is 14.3. The fraction of sp³-hybridized carbons (Fsp3) is 0.364. The Morgan fingerprint density at radius 2 is 1.58 bits per heavy atom. The zero-order valence-corrected chi connectivity index (χ0v) is 17.4. The first-order valence-corrected chi connectivity index (χ1v) is 10.5. The summed E-state index contributed by atoms with van der Waals surface area (Å²) in [7, 11) is 0. The van der Waals surface area contributed by atoms with Gasteiger partial charge in [0.25, 0.3) is 5.69 Å². The molecule has 2 heterocycles. The zero-order valence-electron chi connectivity index (χ0n) is 17.4. The number of rotatable bonds is 6. The highest BCUT2D eigenvalue weighted by Crippen LogP contribution is 2.28. The maximum absolute atomic E-state index is 12.8. The maximum Gasteiger partial charge on any atom is 0.329 e. The zero-order chi connectivity index (χ0) is 22.0. The van der Waals surface area contributed by atoms with Crippen molar-refractivity contribution in [3.63, 3.8) is 0 Å². The molecule has 1 fully saturated rings. The number of nitro benzene ring substituents is 1. The molecule has 0 radical (unpaired) electrons. The topological polar surface area (TPSA) is 93.6 Å². The van der Waals surface area contributed by atoms with Crippen LogP contribution in [0.2, 0.25) is 0 Å². The molecule has 0 spiro atoms. The second-order valence-corrected chi connectivity index (χ2v) is 7.53. The van der Waals surface area contributed by atoms with E-state index in [1.165, 1.54) is 6.07 Å².